The highest BCUT2D eigenvalue weighted by Gasteiger charge is 2.22. The summed E-state index contributed by atoms with van der Waals surface area (Å²) in [6, 6.07) is 8.52. The monoisotopic (exact) mass is 354 g/mol. The van der Waals surface area contributed by atoms with Crippen molar-refractivity contribution in [1.29, 1.82) is 0 Å². The first-order valence-electron chi connectivity index (χ1n) is 8.65. The van der Waals surface area contributed by atoms with Crippen molar-refractivity contribution in [3.8, 4) is 0 Å². The van der Waals surface area contributed by atoms with E-state index in [1.807, 2.05) is 27.1 Å². The standard InChI is InChI=1S/C19H22N4OS/c1-15-4-2-3-5-16(15)13-21-6-8-22(9-7-21)18(24)12-17-14-23-10-11-25-19(23)20-17/h2-5,10-11,14H,6-9,12-13H2,1H3. The second-order valence-corrected chi connectivity index (χ2v) is 7.46. The van der Waals surface area contributed by atoms with Crippen LogP contribution in [-0.4, -0.2) is 51.3 Å². The lowest BCUT2D eigenvalue weighted by Crippen LogP contribution is -2.48. The summed E-state index contributed by atoms with van der Waals surface area (Å²) in [6.45, 7) is 6.58. The summed E-state index contributed by atoms with van der Waals surface area (Å²) in [5, 5.41) is 2.00. The number of carbonyl (C=O) groups excluding carboxylic acids is 1. The van der Waals surface area contributed by atoms with Crippen LogP contribution >= 0.6 is 11.3 Å². The van der Waals surface area contributed by atoms with Gasteiger partial charge in [0.05, 0.1) is 12.1 Å². The van der Waals surface area contributed by atoms with E-state index in [0.29, 0.717) is 6.42 Å². The predicted molar refractivity (Wildman–Crippen MR) is 99.8 cm³/mol. The van der Waals surface area contributed by atoms with E-state index in [-0.39, 0.29) is 5.91 Å². The molecule has 0 N–H and O–H groups in total. The van der Waals surface area contributed by atoms with Crippen LogP contribution < -0.4 is 0 Å². The van der Waals surface area contributed by atoms with Crippen LogP contribution in [0.1, 0.15) is 16.8 Å². The number of aryl methyl sites for hydroxylation is 1. The Bertz CT molecular complexity index is 848. The van der Waals surface area contributed by atoms with Gasteiger partial charge in [-0.15, -0.1) is 11.3 Å². The average Bonchev–Trinajstić information content (AvgIpc) is 3.19. The van der Waals surface area contributed by atoms with Crippen LogP contribution in [0.4, 0.5) is 0 Å². The van der Waals surface area contributed by atoms with Crippen molar-refractivity contribution < 1.29 is 4.79 Å². The van der Waals surface area contributed by atoms with Crippen LogP contribution in [0.5, 0.6) is 0 Å². The fourth-order valence-electron chi connectivity index (χ4n) is 3.31. The predicted octanol–water partition coefficient (Wildman–Crippen LogP) is 2.59. The van der Waals surface area contributed by atoms with Gasteiger partial charge < -0.3 is 4.90 Å². The first-order valence-corrected chi connectivity index (χ1v) is 9.53. The number of piperazine rings is 1. The minimum Gasteiger partial charge on any atom is -0.340 e. The third-order valence-corrected chi connectivity index (χ3v) is 5.63. The van der Waals surface area contributed by atoms with Crippen LogP contribution in [-0.2, 0) is 17.8 Å². The minimum absolute atomic E-state index is 0.182. The molecule has 1 saturated heterocycles. The van der Waals surface area contributed by atoms with Gasteiger partial charge in [-0.25, -0.2) is 4.98 Å². The van der Waals surface area contributed by atoms with Gasteiger partial charge in [-0.05, 0) is 18.1 Å². The Morgan fingerprint density at radius 3 is 2.76 bits per heavy atom. The van der Waals surface area contributed by atoms with Crippen molar-refractivity contribution in [3.63, 3.8) is 0 Å². The summed E-state index contributed by atoms with van der Waals surface area (Å²) in [6.07, 6.45) is 4.33. The van der Waals surface area contributed by atoms with Gasteiger partial charge in [0.1, 0.15) is 0 Å². The second-order valence-electron chi connectivity index (χ2n) is 6.59. The van der Waals surface area contributed by atoms with E-state index >= 15 is 0 Å². The van der Waals surface area contributed by atoms with Crippen LogP contribution in [0.2, 0.25) is 0 Å². The van der Waals surface area contributed by atoms with Crippen molar-refractivity contribution in [2.75, 3.05) is 26.2 Å². The van der Waals surface area contributed by atoms with Crippen LogP contribution in [0.25, 0.3) is 4.96 Å². The Kier molecular flexibility index (Phi) is 4.55. The Balaban J connectivity index is 1.31. The first-order chi connectivity index (χ1) is 12.2. The lowest BCUT2D eigenvalue weighted by molar-refractivity contribution is -0.132. The minimum atomic E-state index is 0.182. The van der Waals surface area contributed by atoms with Gasteiger partial charge in [-0.3, -0.25) is 14.1 Å². The molecule has 1 aliphatic rings. The Labute approximate surface area is 151 Å². The molecule has 6 heteroatoms. The number of aromatic nitrogens is 2. The number of benzene rings is 1. The van der Waals surface area contributed by atoms with Crippen LogP contribution in [0.3, 0.4) is 0 Å². The molecule has 130 valence electrons. The van der Waals surface area contributed by atoms with Gasteiger partial charge in [-0.2, -0.15) is 0 Å². The molecule has 0 unspecified atom stereocenters. The van der Waals surface area contributed by atoms with Crippen molar-refractivity contribution in [3.05, 3.63) is 58.9 Å². The second kappa shape index (κ2) is 6.98. The van der Waals surface area contributed by atoms with E-state index in [0.717, 1.165) is 43.4 Å². The van der Waals surface area contributed by atoms with E-state index in [4.69, 9.17) is 0 Å². The third kappa shape index (κ3) is 3.60. The average molecular weight is 354 g/mol. The molecule has 2 aromatic heterocycles. The smallest absolute Gasteiger partial charge is 0.228 e. The van der Waals surface area contributed by atoms with Gasteiger partial charge in [0, 0.05) is 50.5 Å². The number of imidazole rings is 1. The molecule has 0 spiro atoms. The molecule has 1 aliphatic heterocycles. The molecule has 1 fully saturated rings. The zero-order valence-electron chi connectivity index (χ0n) is 14.4. The summed E-state index contributed by atoms with van der Waals surface area (Å²) in [5.74, 6) is 0.182. The van der Waals surface area contributed by atoms with Gasteiger partial charge in [0.25, 0.3) is 0 Å². The molecule has 1 aromatic carbocycles. The van der Waals surface area contributed by atoms with Crippen LogP contribution in [0.15, 0.2) is 42.0 Å². The van der Waals surface area contributed by atoms with Crippen molar-refractivity contribution in [2.24, 2.45) is 0 Å². The summed E-state index contributed by atoms with van der Waals surface area (Å²) in [7, 11) is 0. The molecule has 25 heavy (non-hydrogen) atoms. The Morgan fingerprint density at radius 1 is 1.20 bits per heavy atom. The molecule has 1 amide bonds. The first kappa shape index (κ1) is 16.3. The van der Waals surface area contributed by atoms with E-state index in [9.17, 15) is 4.79 Å². The lowest BCUT2D eigenvalue weighted by atomic mass is 10.1. The maximum Gasteiger partial charge on any atom is 0.228 e. The van der Waals surface area contributed by atoms with Gasteiger partial charge in [-0.1, -0.05) is 24.3 Å². The van der Waals surface area contributed by atoms with Gasteiger partial charge >= 0.3 is 0 Å². The number of fused-ring (bicyclic) bond motifs is 1. The number of rotatable bonds is 4. The molecule has 0 aliphatic carbocycles. The molecule has 5 nitrogen and oxygen atoms in total. The van der Waals surface area contributed by atoms with E-state index in [1.54, 1.807) is 11.3 Å². The molecule has 0 atom stereocenters. The van der Waals surface area contributed by atoms with Gasteiger partial charge in [0.15, 0.2) is 4.96 Å². The molecular weight excluding hydrogens is 332 g/mol. The summed E-state index contributed by atoms with van der Waals surface area (Å²) < 4.78 is 1.98. The number of amides is 1. The summed E-state index contributed by atoms with van der Waals surface area (Å²) in [4.78, 5) is 22.4. The fourth-order valence-corrected chi connectivity index (χ4v) is 4.03. The normalized spacial score (nSPS) is 15.8. The van der Waals surface area contributed by atoms with Crippen molar-refractivity contribution in [1.82, 2.24) is 19.2 Å². The Hall–Kier alpha value is -2.18. The number of nitrogens with zero attached hydrogens (tertiary/aromatic N) is 4. The zero-order valence-corrected chi connectivity index (χ0v) is 15.2. The number of hydrogen-bond donors (Lipinski definition) is 0. The highest BCUT2D eigenvalue weighted by molar-refractivity contribution is 7.15. The third-order valence-electron chi connectivity index (χ3n) is 4.86. The number of hydrogen-bond acceptors (Lipinski definition) is 4. The maximum atomic E-state index is 12.5. The molecule has 4 rings (SSSR count). The highest BCUT2D eigenvalue weighted by atomic mass is 32.1. The highest BCUT2D eigenvalue weighted by Crippen LogP contribution is 2.15. The number of thiazole rings is 1. The van der Waals surface area contributed by atoms with Crippen molar-refractivity contribution >= 4 is 22.2 Å². The zero-order chi connectivity index (χ0) is 17.2. The quantitative estimate of drug-likeness (QED) is 0.723. The van der Waals surface area contributed by atoms with E-state index in [1.165, 1.54) is 11.1 Å². The molecule has 3 heterocycles. The largest absolute Gasteiger partial charge is 0.340 e. The number of carbonyl (C=O) groups is 1. The van der Waals surface area contributed by atoms with Gasteiger partial charge in [0.2, 0.25) is 5.91 Å². The topological polar surface area (TPSA) is 40.9 Å². The lowest BCUT2D eigenvalue weighted by Gasteiger charge is -2.35. The molecule has 0 bridgehead atoms. The van der Waals surface area contributed by atoms with E-state index in [2.05, 4.69) is 41.1 Å². The molecule has 3 aromatic rings. The maximum absolute atomic E-state index is 12.5. The summed E-state index contributed by atoms with van der Waals surface area (Å²) in [5.41, 5.74) is 3.57. The van der Waals surface area contributed by atoms with E-state index < -0.39 is 0 Å². The molecule has 0 saturated carbocycles. The Morgan fingerprint density at radius 2 is 2.00 bits per heavy atom. The molecule has 0 radical (unpaired) electrons. The van der Waals surface area contributed by atoms with Crippen LogP contribution in [0, 0.1) is 6.92 Å². The molecular formula is C19H22N4OS. The summed E-state index contributed by atoms with van der Waals surface area (Å²) >= 11 is 1.59. The fraction of sp³-hybridized carbons (Fsp3) is 0.368. The van der Waals surface area contributed by atoms with Crippen molar-refractivity contribution in [2.45, 2.75) is 19.9 Å². The SMILES string of the molecule is Cc1ccccc1CN1CCN(C(=O)Cc2cn3ccsc3n2)CC1.